The molecule has 1 aliphatic heterocycles. The first-order valence-corrected chi connectivity index (χ1v) is 8.99. The number of hydrogen-bond donors (Lipinski definition) is 2. The van der Waals surface area contributed by atoms with Crippen molar-refractivity contribution in [1.82, 2.24) is 15.5 Å². The van der Waals surface area contributed by atoms with E-state index >= 15 is 0 Å². The number of halogens is 3. The number of amides is 1. The number of nitrogens with zero attached hydrogens (tertiary/aromatic N) is 2. The highest BCUT2D eigenvalue weighted by Gasteiger charge is 2.30. The Morgan fingerprint density at radius 2 is 1.93 bits per heavy atom. The quantitative estimate of drug-likeness (QED) is 0.811. The molecule has 1 aromatic heterocycles. The summed E-state index contributed by atoms with van der Waals surface area (Å²) in [5, 5.41) is 13.8. The summed E-state index contributed by atoms with van der Waals surface area (Å²) in [5.41, 5.74) is -0.0495. The van der Waals surface area contributed by atoms with Crippen LogP contribution in [0, 0.1) is 0 Å². The second-order valence-electron chi connectivity index (χ2n) is 6.65. The number of hydrogen-bond acceptors (Lipinski definition) is 5. The lowest BCUT2D eigenvalue weighted by molar-refractivity contribution is -0.137. The maximum atomic E-state index is 12.9. The summed E-state index contributed by atoms with van der Waals surface area (Å²) in [6.07, 6.45) is -2.88. The van der Waals surface area contributed by atoms with Gasteiger partial charge in [-0.2, -0.15) is 13.2 Å². The molecule has 1 aliphatic rings. The molecule has 0 bridgehead atoms. The molecular weight excluding hydrogens is 373 g/mol. The first-order valence-electron chi connectivity index (χ1n) is 8.99. The van der Waals surface area contributed by atoms with Gasteiger partial charge in [0.15, 0.2) is 5.69 Å². The number of anilines is 1. The summed E-state index contributed by atoms with van der Waals surface area (Å²) in [5.74, 6) is 0.0596. The summed E-state index contributed by atoms with van der Waals surface area (Å²) in [6.45, 7) is 2.96. The number of benzene rings is 1. The van der Waals surface area contributed by atoms with Gasteiger partial charge in [0, 0.05) is 19.3 Å². The van der Waals surface area contributed by atoms with Gasteiger partial charge in [-0.05, 0) is 49.6 Å². The zero-order chi connectivity index (χ0) is 20.1. The van der Waals surface area contributed by atoms with Gasteiger partial charge in [0.1, 0.15) is 5.82 Å². The average Bonchev–Trinajstić information content (AvgIpc) is 2.69. The summed E-state index contributed by atoms with van der Waals surface area (Å²) in [6, 6.07) is 7.85. The van der Waals surface area contributed by atoms with Crippen LogP contribution in [0.15, 0.2) is 36.4 Å². The molecule has 0 radical (unpaired) electrons. The van der Waals surface area contributed by atoms with Crippen LogP contribution in [-0.2, 0) is 10.9 Å². The van der Waals surface area contributed by atoms with E-state index in [1.165, 1.54) is 12.1 Å². The summed E-state index contributed by atoms with van der Waals surface area (Å²) in [4.78, 5) is 12.2. The molecule has 3 rings (SSSR count). The van der Waals surface area contributed by atoms with Crippen LogP contribution in [-0.4, -0.2) is 35.4 Å². The molecule has 1 aromatic carbocycles. The van der Waals surface area contributed by atoms with E-state index in [1.807, 2.05) is 0 Å². The van der Waals surface area contributed by atoms with E-state index in [0.717, 1.165) is 25.0 Å². The standard InChI is InChI=1S/C19H21F3N4O2/c1-12(13-3-2-4-14(11-13)19(20,21)22)23-17-6-5-16(25-26-17)18(27)24-15-7-9-28-10-8-15/h2-6,11-12,15H,7-10H2,1H3,(H,23,26)(H,24,27). The van der Waals surface area contributed by atoms with E-state index in [0.29, 0.717) is 24.6 Å². The number of ether oxygens (including phenoxy) is 1. The second-order valence-corrected chi connectivity index (χ2v) is 6.65. The molecule has 1 amide bonds. The van der Waals surface area contributed by atoms with Gasteiger partial charge in [-0.15, -0.1) is 10.2 Å². The Labute approximate surface area is 160 Å². The molecular formula is C19H21F3N4O2. The molecule has 6 nitrogen and oxygen atoms in total. The van der Waals surface area contributed by atoms with Crippen molar-refractivity contribution < 1.29 is 22.7 Å². The Bertz CT molecular complexity index is 806. The van der Waals surface area contributed by atoms with Crippen molar-refractivity contribution in [2.45, 2.75) is 38.0 Å². The van der Waals surface area contributed by atoms with Crippen molar-refractivity contribution in [3.05, 3.63) is 53.2 Å². The Hall–Kier alpha value is -2.68. The molecule has 1 unspecified atom stereocenters. The van der Waals surface area contributed by atoms with Crippen molar-refractivity contribution in [2.75, 3.05) is 18.5 Å². The van der Waals surface area contributed by atoms with Crippen LogP contribution >= 0.6 is 0 Å². The Morgan fingerprint density at radius 3 is 2.57 bits per heavy atom. The van der Waals surface area contributed by atoms with Crippen molar-refractivity contribution in [3.63, 3.8) is 0 Å². The molecule has 150 valence electrons. The molecule has 1 fully saturated rings. The fraction of sp³-hybridized carbons (Fsp3) is 0.421. The maximum Gasteiger partial charge on any atom is 0.416 e. The van der Waals surface area contributed by atoms with E-state index in [1.54, 1.807) is 19.1 Å². The Balaban J connectivity index is 1.61. The normalized spacial score (nSPS) is 16.4. The fourth-order valence-electron chi connectivity index (χ4n) is 2.92. The topological polar surface area (TPSA) is 76.1 Å². The van der Waals surface area contributed by atoms with Crippen LogP contribution in [0.5, 0.6) is 0 Å². The summed E-state index contributed by atoms with van der Waals surface area (Å²) >= 11 is 0. The molecule has 0 saturated carbocycles. The van der Waals surface area contributed by atoms with E-state index in [-0.39, 0.29) is 17.6 Å². The van der Waals surface area contributed by atoms with Gasteiger partial charge in [-0.25, -0.2) is 0 Å². The van der Waals surface area contributed by atoms with E-state index in [9.17, 15) is 18.0 Å². The molecule has 2 heterocycles. The van der Waals surface area contributed by atoms with Crippen molar-refractivity contribution in [1.29, 1.82) is 0 Å². The Kier molecular flexibility index (Phi) is 6.13. The van der Waals surface area contributed by atoms with Crippen LogP contribution in [0.1, 0.15) is 47.4 Å². The number of nitrogens with one attached hydrogen (secondary N) is 2. The number of rotatable bonds is 5. The highest BCUT2D eigenvalue weighted by molar-refractivity contribution is 5.92. The molecule has 2 N–H and O–H groups in total. The second kappa shape index (κ2) is 8.55. The highest BCUT2D eigenvalue weighted by Crippen LogP contribution is 2.31. The van der Waals surface area contributed by atoms with Crippen molar-refractivity contribution in [3.8, 4) is 0 Å². The van der Waals surface area contributed by atoms with E-state index < -0.39 is 17.8 Å². The van der Waals surface area contributed by atoms with Crippen LogP contribution in [0.3, 0.4) is 0 Å². The summed E-state index contributed by atoms with van der Waals surface area (Å²) in [7, 11) is 0. The lowest BCUT2D eigenvalue weighted by Crippen LogP contribution is -2.39. The third kappa shape index (κ3) is 5.19. The molecule has 1 atom stereocenters. The predicted octanol–water partition coefficient (Wildman–Crippen LogP) is 3.58. The maximum absolute atomic E-state index is 12.9. The van der Waals surface area contributed by atoms with E-state index in [2.05, 4.69) is 20.8 Å². The SMILES string of the molecule is CC(Nc1ccc(C(=O)NC2CCOCC2)nn1)c1cccc(C(F)(F)F)c1. The number of alkyl halides is 3. The van der Waals surface area contributed by atoms with Gasteiger partial charge in [-0.1, -0.05) is 12.1 Å². The first kappa shape index (κ1) is 20.1. The van der Waals surface area contributed by atoms with Gasteiger partial charge in [0.25, 0.3) is 5.91 Å². The van der Waals surface area contributed by atoms with Gasteiger partial charge >= 0.3 is 6.18 Å². The predicted molar refractivity (Wildman–Crippen MR) is 96.8 cm³/mol. The number of aromatic nitrogens is 2. The van der Waals surface area contributed by atoms with Crippen molar-refractivity contribution in [2.24, 2.45) is 0 Å². The average molecular weight is 394 g/mol. The smallest absolute Gasteiger partial charge is 0.381 e. The molecule has 0 spiro atoms. The van der Waals surface area contributed by atoms with Gasteiger partial charge in [-0.3, -0.25) is 4.79 Å². The van der Waals surface area contributed by atoms with Crippen LogP contribution in [0.25, 0.3) is 0 Å². The zero-order valence-corrected chi connectivity index (χ0v) is 15.3. The van der Waals surface area contributed by atoms with Gasteiger partial charge < -0.3 is 15.4 Å². The monoisotopic (exact) mass is 394 g/mol. The van der Waals surface area contributed by atoms with Crippen molar-refractivity contribution >= 4 is 11.7 Å². The Morgan fingerprint density at radius 1 is 1.18 bits per heavy atom. The minimum absolute atomic E-state index is 0.0572. The highest BCUT2D eigenvalue weighted by atomic mass is 19.4. The first-order chi connectivity index (χ1) is 13.3. The van der Waals surface area contributed by atoms with Crippen LogP contribution < -0.4 is 10.6 Å². The van der Waals surface area contributed by atoms with Crippen LogP contribution in [0.2, 0.25) is 0 Å². The van der Waals surface area contributed by atoms with E-state index in [4.69, 9.17) is 4.74 Å². The third-order valence-corrected chi connectivity index (χ3v) is 4.53. The molecule has 2 aromatic rings. The number of carbonyl (C=O) groups is 1. The zero-order valence-electron chi connectivity index (χ0n) is 15.3. The molecule has 1 saturated heterocycles. The molecule has 9 heteroatoms. The summed E-state index contributed by atoms with van der Waals surface area (Å²) < 4.78 is 43.8. The third-order valence-electron chi connectivity index (χ3n) is 4.53. The van der Waals surface area contributed by atoms with Gasteiger partial charge in [0.2, 0.25) is 0 Å². The lowest BCUT2D eigenvalue weighted by atomic mass is 10.0. The molecule has 0 aliphatic carbocycles. The minimum atomic E-state index is -4.39. The minimum Gasteiger partial charge on any atom is -0.381 e. The molecule has 28 heavy (non-hydrogen) atoms. The van der Waals surface area contributed by atoms with Crippen LogP contribution in [0.4, 0.5) is 19.0 Å². The largest absolute Gasteiger partial charge is 0.416 e. The lowest BCUT2D eigenvalue weighted by Gasteiger charge is -2.22. The number of carbonyl (C=O) groups excluding carboxylic acids is 1. The van der Waals surface area contributed by atoms with Gasteiger partial charge in [0.05, 0.1) is 11.6 Å². The fourth-order valence-corrected chi connectivity index (χ4v) is 2.92.